The lowest BCUT2D eigenvalue weighted by molar-refractivity contribution is -0.117. The van der Waals surface area contributed by atoms with Gasteiger partial charge in [0.25, 0.3) is 0 Å². The van der Waals surface area contributed by atoms with Crippen LogP contribution in [0.3, 0.4) is 0 Å². The number of likely N-dealkylation sites (tertiary alicyclic amines) is 1. The second-order valence-corrected chi connectivity index (χ2v) is 5.45. The minimum Gasteiger partial charge on any atom is -0.325 e. The summed E-state index contributed by atoms with van der Waals surface area (Å²) in [7, 11) is 1.94. The standard InChI is InChI=1S/C14H19ClFN3O/c1-17-11-3-2-6-19(8-11)9-14(20)18-10-4-5-13(16)12(15)7-10/h4-5,7,11,17H,2-3,6,8-9H2,1H3,(H,18,20). The molecule has 0 aromatic heterocycles. The van der Waals surface area contributed by atoms with E-state index in [-0.39, 0.29) is 10.9 Å². The Hall–Kier alpha value is -1.17. The average Bonchev–Trinajstić information content (AvgIpc) is 2.43. The summed E-state index contributed by atoms with van der Waals surface area (Å²) in [6.45, 7) is 2.14. The van der Waals surface area contributed by atoms with Crippen LogP contribution < -0.4 is 10.6 Å². The lowest BCUT2D eigenvalue weighted by atomic mass is 10.1. The predicted octanol–water partition coefficient (Wildman–Crippen LogP) is 2.10. The van der Waals surface area contributed by atoms with E-state index in [2.05, 4.69) is 15.5 Å². The summed E-state index contributed by atoms with van der Waals surface area (Å²) < 4.78 is 13.0. The quantitative estimate of drug-likeness (QED) is 0.895. The van der Waals surface area contributed by atoms with Gasteiger partial charge in [0.05, 0.1) is 11.6 Å². The number of anilines is 1. The van der Waals surface area contributed by atoms with Crippen LogP contribution in [0.5, 0.6) is 0 Å². The van der Waals surface area contributed by atoms with Gasteiger partial charge in [-0.3, -0.25) is 9.69 Å². The topological polar surface area (TPSA) is 44.4 Å². The number of nitrogens with zero attached hydrogens (tertiary/aromatic N) is 1. The Morgan fingerprint density at radius 2 is 2.35 bits per heavy atom. The van der Waals surface area contributed by atoms with Crippen molar-refractivity contribution in [1.29, 1.82) is 0 Å². The minimum atomic E-state index is -0.488. The van der Waals surface area contributed by atoms with Crippen LogP contribution in [0.25, 0.3) is 0 Å². The molecule has 1 aromatic carbocycles. The number of benzene rings is 1. The van der Waals surface area contributed by atoms with Crippen LogP contribution in [0.1, 0.15) is 12.8 Å². The Labute approximate surface area is 123 Å². The molecule has 1 unspecified atom stereocenters. The van der Waals surface area contributed by atoms with Crippen LogP contribution in [0, 0.1) is 5.82 Å². The van der Waals surface area contributed by atoms with E-state index in [4.69, 9.17) is 11.6 Å². The first-order valence-corrected chi connectivity index (χ1v) is 7.11. The van der Waals surface area contributed by atoms with Crippen molar-refractivity contribution in [2.24, 2.45) is 0 Å². The zero-order chi connectivity index (χ0) is 14.5. The Morgan fingerprint density at radius 3 is 3.05 bits per heavy atom. The van der Waals surface area contributed by atoms with Gasteiger partial charge in [-0.2, -0.15) is 0 Å². The van der Waals surface area contributed by atoms with E-state index < -0.39 is 5.82 Å². The monoisotopic (exact) mass is 299 g/mol. The fourth-order valence-electron chi connectivity index (χ4n) is 2.41. The first-order valence-electron chi connectivity index (χ1n) is 6.73. The number of hydrogen-bond donors (Lipinski definition) is 2. The first kappa shape index (κ1) is 15.2. The number of carbonyl (C=O) groups is 1. The maximum atomic E-state index is 13.0. The van der Waals surface area contributed by atoms with Crippen LogP contribution in [0.2, 0.25) is 5.02 Å². The summed E-state index contributed by atoms with van der Waals surface area (Å²) in [5.41, 5.74) is 0.517. The zero-order valence-corrected chi connectivity index (χ0v) is 12.2. The van der Waals surface area contributed by atoms with Gasteiger partial charge in [-0.1, -0.05) is 11.6 Å². The molecule has 1 aliphatic heterocycles. The molecular weight excluding hydrogens is 281 g/mol. The average molecular weight is 300 g/mol. The van der Waals surface area contributed by atoms with Crippen molar-refractivity contribution < 1.29 is 9.18 Å². The van der Waals surface area contributed by atoms with Crippen LogP contribution in [-0.4, -0.2) is 43.5 Å². The number of halogens is 2. The van der Waals surface area contributed by atoms with Gasteiger partial charge in [-0.15, -0.1) is 0 Å². The fraction of sp³-hybridized carbons (Fsp3) is 0.500. The molecular formula is C14H19ClFN3O. The summed E-state index contributed by atoms with van der Waals surface area (Å²) in [6.07, 6.45) is 2.23. The third kappa shape index (κ3) is 4.16. The maximum Gasteiger partial charge on any atom is 0.238 e. The molecule has 2 N–H and O–H groups in total. The van der Waals surface area contributed by atoms with Gasteiger partial charge in [0.2, 0.25) is 5.91 Å². The van der Waals surface area contributed by atoms with E-state index in [1.165, 1.54) is 18.2 Å². The third-order valence-corrected chi connectivity index (χ3v) is 3.77. The molecule has 1 heterocycles. The van der Waals surface area contributed by atoms with Crippen LogP contribution in [0.4, 0.5) is 10.1 Å². The highest BCUT2D eigenvalue weighted by molar-refractivity contribution is 6.31. The Morgan fingerprint density at radius 1 is 1.55 bits per heavy atom. The molecule has 0 bridgehead atoms. The van der Waals surface area contributed by atoms with E-state index in [0.717, 1.165) is 25.9 Å². The van der Waals surface area contributed by atoms with Crippen molar-refractivity contribution in [3.8, 4) is 0 Å². The van der Waals surface area contributed by atoms with Gasteiger partial charge in [0.15, 0.2) is 0 Å². The van der Waals surface area contributed by atoms with Gasteiger partial charge in [0, 0.05) is 18.3 Å². The smallest absolute Gasteiger partial charge is 0.238 e. The number of rotatable bonds is 4. The lowest BCUT2D eigenvalue weighted by Crippen LogP contribution is -2.46. The number of nitrogens with one attached hydrogen (secondary N) is 2. The molecule has 1 amide bonds. The summed E-state index contributed by atoms with van der Waals surface area (Å²) in [6, 6.07) is 4.61. The molecule has 4 nitrogen and oxygen atoms in total. The van der Waals surface area contributed by atoms with E-state index >= 15 is 0 Å². The molecule has 1 aliphatic rings. The number of piperidine rings is 1. The molecule has 0 aliphatic carbocycles. The Balaban J connectivity index is 1.87. The van der Waals surface area contributed by atoms with Crippen molar-refractivity contribution in [2.45, 2.75) is 18.9 Å². The van der Waals surface area contributed by atoms with Crippen LogP contribution >= 0.6 is 11.6 Å². The molecule has 20 heavy (non-hydrogen) atoms. The van der Waals surface area contributed by atoms with E-state index in [9.17, 15) is 9.18 Å². The summed E-state index contributed by atoms with van der Waals surface area (Å²) in [5, 5.41) is 5.99. The summed E-state index contributed by atoms with van der Waals surface area (Å²) >= 11 is 5.68. The number of hydrogen-bond acceptors (Lipinski definition) is 3. The number of amides is 1. The van der Waals surface area contributed by atoms with Crippen molar-refractivity contribution in [3.63, 3.8) is 0 Å². The van der Waals surface area contributed by atoms with Crippen LogP contribution in [-0.2, 0) is 4.79 Å². The first-order chi connectivity index (χ1) is 9.58. The van der Waals surface area contributed by atoms with Gasteiger partial charge < -0.3 is 10.6 Å². The number of likely N-dealkylation sites (N-methyl/N-ethyl adjacent to an activating group) is 1. The fourth-order valence-corrected chi connectivity index (χ4v) is 2.59. The SMILES string of the molecule is CNC1CCCN(CC(=O)Nc2ccc(F)c(Cl)c2)C1. The molecule has 0 spiro atoms. The second kappa shape index (κ2) is 7.02. The van der Waals surface area contributed by atoms with Crippen molar-refractivity contribution in [1.82, 2.24) is 10.2 Å². The Bertz CT molecular complexity index is 483. The third-order valence-electron chi connectivity index (χ3n) is 3.48. The maximum absolute atomic E-state index is 13.0. The summed E-state index contributed by atoms with van der Waals surface area (Å²) in [5.74, 6) is -0.595. The zero-order valence-electron chi connectivity index (χ0n) is 11.5. The molecule has 1 aromatic rings. The number of carbonyl (C=O) groups excluding carboxylic acids is 1. The molecule has 110 valence electrons. The van der Waals surface area contributed by atoms with Crippen LogP contribution in [0.15, 0.2) is 18.2 Å². The second-order valence-electron chi connectivity index (χ2n) is 5.04. The molecule has 0 saturated carbocycles. The van der Waals surface area contributed by atoms with Gasteiger partial charge >= 0.3 is 0 Å². The summed E-state index contributed by atoms with van der Waals surface area (Å²) in [4.78, 5) is 14.1. The lowest BCUT2D eigenvalue weighted by Gasteiger charge is -2.31. The van der Waals surface area contributed by atoms with Gasteiger partial charge in [-0.05, 0) is 44.6 Å². The van der Waals surface area contributed by atoms with Crippen molar-refractivity contribution in [2.75, 3.05) is 32.0 Å². The highest BCUT2D eigenvalue weighted by Crippen LogP contribution is 2.19. The van der Waals surface area contributed by atoms with Gasteiger partial charge in [0.1, 0.15) is 5.82 Å². The van der Waals surface area contributed by atoms with Crippen molar-refractivity contribution >= 4 is 23.2 Å². The molecule has 2 rings (SSSR count). The largest absolute Gasteiger partial charge is 0.325 e. The van der Waals surface area contributed by atoms with Gasteiger partial charge in [-0.25, -0.2) is 4.39 Å². The van der Waals surface area contributed by atoms with E-state index in [1.807, 2.05) is 7.05 Å². The van der Waals surface area contributed by atoms with E-state index in [0.29, 0.717) is 18.3 Å². The van der Waals surface area contributed by atoms with Crippen molar-refractivity contribution in [3.05, 3.63) is 29.0 Å². The highest BCUT2D eigenvalue weighted by Gasteiger charge is 2.20. The predicted molar refractivity (Wildman–Crippen MR) is 78.6 cm³/mol. The Kier molecular flexibility index (Phi) is 5.34. The molecule has 1 atom stereocenters. The molecule has 6 heteroatoms. The van der Waals surface area contributed by atoms with E-state index in [1.54, 1.807) is 0 Å². The molecule has 0 radical (unpaired) electrons. The molecule has 1 fully saturated rings. The highest BCUT2D eigenvalue weighted by atomic mass is 35.5. The normalized spacial score (nSPS) is 19.9. The minimum absolute atomic E-state index is 0.0102. The molecule has 1 saturated heterocycles.